The van der Waals surface area contributed by atoms with Crippen LogP contribution < -0.4 is 5.32 Å². The zero-order valence-corrected chi connectivity index (χ0v) is 17.1. The maximum Gasteiger partial charge on any atom is 0.271 e. The number of nitro benzene ring substituents is 1. The fraction of sp³-hybridized carbons (Fsp3) is 0.350. The zero-order valence-electron chi connectivity index (χ0n) is 16.2. The van der Waals surface area contributed by atoms with Crippen LogP contribution in [0.4, 0.5) is 11.4 Å². The average molecular weight is 417 g/mol. The second kappa shape index (κ2) is 8.30. The third-order valence-electron chi connectivity index (χ3n) is 4.90. The van der Waals surface area contributed by atoms with Gasteiger partial charge in [0.25, 0.3) is 11.6 Å². The van der Waals surface area contributed by atoms with Crippen LogP contribution in [0.3, 0.4) is 0 Å². The predicted octanol–water partition coefficient (Wildman–Crippen LogP) is 3.51. The van der Waals surface area contributed by atoms with Crippen LogP contribution in [0.25, 0.3) is 0 Å². The first kappa shape index (κ1) is 20.9. The fourth-order valence-corrected chi connectivity index (χ4v) is 5.31. The van der Waals surface area contributed by atoms with Gasteiger partial charge >= 0.3 is 0 Å². The van der Waals surface area contributed by atoms with Gasteiger partial charge in [0.05, 0.1) is 9.82 Å². The van der Waals surface area contributed by atoms with Gasteiger partial charge in [-0.15, -0.1) is 0 Å². The van der Waals surface area contributed by atoms with Crippen molar-refractivity contribution in [3.05, 3.63) is 64.2 Å². The molecular formula is C20H23N3O5S. The van der Waals surface area contributed by atoms with E-state index in [0.717, 1.165) is 6.42 Å². The Hall–Kier alpha value is -2.78. The predicted molar refractivity (Wildman–Crippen MR) is 109 cm³/mol. The highest BCUT2D eigenvalue weighted by molar-refractivity contribution is 7.89. The van der Waals surface area contributed by atoms with Crippen molar-refractivity contribution in [3.8, 4) is 0 Å². The average Bonchev–Trinajstić information content (AvgIpc) is 2.67. The van der Waals surface area contributed by atoms with E-state index in [-0.39, 0.29) is 21.8 Å². The standard InChI is InChI=1S/C20H23N3O5S/c1-14-10-15(2)13-22(12-14)29(27,28)19-8-6-16(7-9-19)20(24)21-17-4-3-5-18(11-17)23(25)26/h3-9,11,14-15H,10,12-13H2,1-2H3,(H,21,24)/t14-,15-/m0/s1. The molecule has 2 aromatic carbocycles. The molecule has 0 bridgehead atoms. The SMILES string of the molecule is C[C@H]1C[C@H](C)CN(S(=O)(=O)c2ccc(C(=O)Nc3cccc([N+](=O)[O-])c3)cc2)C1. The lowest BCUT2D eigenvalue weighted by atomic mass is 9.94. The van der Waals surface area contributed by atoms with Crippen molar-refractivity contribution in [2.24, 2.45) is 11.8 Å². The highest BCUT2D eigenvalue weighted by atomic mass is 32.2. The number of piperidine rings is 1. The summed E-state index contributed by atoms with van der Waals surface area (Å²) < 4.78 is 27.3. The molecule has 0 radical (unpaired) electrons. The van der Waals surface area contributed by atoms with Crippen LogP contribution in [0.5, 0.6) is 0 Å². The molecule has 1 aliphatic rings. The Morgan fingerprint density at radius 1 is 1.10 bits per heavy atom. The molecule has 2 atom stereocenters. The molecule has 1 fully saturated rings. The Morgan fingerprint density at radius 3 is 2.31 bits per heavy atom. The van der Waals surface area contributed by atoms with Crippen molar-refractivity contribution in [2.45, 2.75) is 25.2 Å². The lowest BCUT2D eigenvalue weighted by molar-refractivity contribution is -0.384. The minimum Gasteiger partial charge on any atom is -0.322 e. The number of amides is 1. The summed E-state index contributed by atoms with van der Waals surface area (Å²) in [6.07, 6.45) is 1.00. The van der Waals surface area contributed by atoms with E-state index in [0.29, 0.717) is 24.9 Å². The number of nitrogens with one attached hydrogen (secondary N) is 1. The number of sulfonamides is 1. The van der Waals surface area contributed by atoms with Gasteiger partial charge in [-0.3, -0.25) is 14.9 Å². The Morgan fingerprint density at radius 2 is 1.72 bits per heavy atom. The molecule has 9 heteroatoms. The van der Waals surface area contributed by atoms with Crippen LogP contribution in [0, 0.1) is 22.0 Å². The number of rotatable bonds is 5. The van der Waals surface area contributed by atoms with Gasteiger partial charge in [0.1, 0.15) is 0 Å². The minimum absolute atomic E-state index is 0.130. The number of anilines is 1. The normalized spacial score (nSPS) is 20.2. The van der Waals surface area contributed by atoms with E-state index >= 15 is 0 Å². The van der Waals surface area contributed by atoms with Crippen molar-refractivity contribution in [3.63, 3.8) is 0 Å². The molecule has 0 saturated carbocycles. The molecule has 8 nitrogen and oxygen atoms in total. The Bertz CT molecular complexity index is 1010. The topological polar surface area (TPSA) is 110 Å². The van der Waals surface area contributed by atoms with Gasteiger partial charge in [0.15, 0.2) is 0 Å². The molecule has 29 heavy (non-hydrogen) atoms. The molecule has 0 unspecified atom stereocenters. The monoisotopic (exact) mass is 417 g/mol. The Labute approximate surface area is 169 Å². The van der Waals surface area contributed by atoms with Crippen LogP contribution in [0.1, 0.15) is 30.6 Å². The molecular weight excluding hydrogens is 394 g/mol. The molecule has 2 aromatic rings. The summed E-state index contributed by atoms with van der Waals surface area (Å²) in [5, 5.41) is 13.4. The van der Waals surface area contributed by atoms with Gasteiger partial charge < -0.3 is 5.32 Å². The lowest BCUT2D eigenvalue weighted by Gasteiger charge is -2.34. The van der Waals surface area contributed by atoms with Gasteiger partial charge in [-0.25, -0.2) is 8.42 Å². The summed E-state index contributed by atoms with van der Waals surface area (Å²) in [6, 6.07) is 11.3. The lowest BCUT2D eigenvalue weighted by Crippen LogP contribution is -2.42. The first-order valence-corrected chi connectivity index (χ1v) is 10.8. The fourth-order valence-electron chi connectivity index (χ4n) is 3.63. The first-order chi connectivity index (χ1) is 13.7. The van der Waals surface area contributed by atoms with E-state index in [2.05, 4.69) is 5.32 Å². The molecule has 1 amide bonds. The number of hydrogen-bond donors (Lipinski definition) is 1. The molecule has 3 rings (SSSR count). The highest BCUT2D eigenvalue weighted by Crippen LogP contribution is 2.27. The molecule has 0 aromatic heterocycles. The van der Waals surface area contributed by atoms with Crippen LogP contribution in [0.2, 0.25) is 0 Å². The van der Waals surface area contributed by atoms with E-state index in [9.17, 15) is 23.3 Å². The van der Waals surface area contributed by atoms with Crippen molar-refractivity contribution < 1.29 is 18.1 Å². The number of carbonyl (C=O) groups excluding carboxylic acids is 1. The second-order valence-corrected chi connectivity index (χ2v) is 9.49. The molecule has 1 saturated heterocycles. The minimum atomic E-state index is -3.62. The van der Waals surface area contributed by atoms with Crippen LogP contribution in [-0.2, 0) is 10.0 Å². The summed E-state index contributed by atoms with van der Waals surface area (Å²) in [5.74, 6) is 0.122. The Balaban J connectivity index is 1.75. The molecule has 0 aliphatic carbocycles. The summed E-state index contributed by atoms with van der Waals surface area (Å²) >= 11 is 0. The van der Waals surface area contributed by atoms with E-state index in [1.165, 1.54) is 46.8 Å². The third-order valence-corrected chi connectivity index (χ3v) is 6.75. The van der Waals surface area contributed by atoms with Crippen LogP contribution in [-0.4, -0.2) is 36.6 Å². The molecule has 1 aliphatic heterocycles. The van der Waals surface area contributed by atoms with Crippen LogP contribution >= 0.6 is 0 Å². The number of benzene rings is 2. The molecule has 0 spiro atoms. The highest BCUT2D eigenvalue weighted by Gasteiger charge is 2.31. The summed E-state index contributed by atoms with van der Waals surface area (Å²) in [4.78, 5) is 22.8. The van der Waals surface area contributed by atoms with Gasteiger partial charge in [-0.2, -0.15) is 4.31 Å². The van der Waals surface area contributed by atoms with Crippen molar-refractivity contribution in [1.82, 2.24) is 4.31 Å². The maximum atomic E-state index is 12.9. The molecule has 1 heterocycles. The summed E-state index contributed by atoms with van der Waals surface area (Å²) in [6.45, 7) is 5.06. The zero-order chi connectivity index (χ0) is 21.2. The second-order valence-electron chi connectivity index (χ2n) is 7.55. The molecule has 154 valence electrons. The van der Waals surface area contributed by atoms with Gasteiger partial charge in [0, 0.05) is 36.5 Å². The molecule has 1 N–H and O–H groups in total. The van der Waals surface area contributed by atoms with E-state index in [4.69, 9.17) is 0 Å². The van der Waals surface area contributed by atoms with Crippen molar-refractivity contribution in [1.29, 1.82) is 0 Å². The number of non-ortho nitro benzene ring substituents is 1. The van der Waals surface area contributed by atoms with Crippen LogP contribution in [0.15, 0.2) is 53.4 Å². The van der Waals surface area contributed by atoms with Gasteiger partial charge in [0.2, 0.25) is 10.0 Å². The van der Waals surface area contributed by atoms with Gasteiger partial charge in [-0.1, -0.05) is 19.9 Å². The van der Waals surface area contributed by atoms with Gasteiger partial charge in [-0.05, 0) is 48.6 Å². The largest absolute Gasteiger partial charge is 0.322 e. The summed E-state index contributed by atoms with van der Waals surface area (Å²) in [7, 11) is -3.62. The van der Waals surface area contributed by atoms with E-state index in [1.54, 1.807) is 6.07 Å². The first-order valence-electron chi connectivity index (χ1n) is 9.33. The number of nitrogens with zero attached hydrogens (tertiary/aromatic N) is 2. The maximum absolute atomic E-state index is 12.9. The van der Waals surface area contributed by atoms with Crippen molar-refractivity contribution in [2.75, 3.05) is 18.4 Å². The van der Waals surface area contributed by atoms with E-state index < -0.39 is 20.9 Å². The summed E-state index contributed by atoms with van der Waals surface area (Å²) in [5.41, 5.74) is 0.419. The third kappa shape index (κ3) is 4.80. The van der Waals surface area contributed by atoms with Crippen molar-refractivity contribution >= 4 is 27.3 Å². The number of carbonyl (C=O) groups is 1. The number of nitro groups is 1. The Kier molecular flexibility index (Phi) is 5.99. The quantitative estimate of drug-likeness (QED) is 0.591. The number of hydrogen-bond acceptors (Lipinski definition) is 5. The smallest absolute Gasteiger partial charge is 0.271 e. The van der Waals surface area contributed by atoms with E-state index in [1.807, 2.05) is 13.8 Å².